The third-order valence-electron chi connectivity index (χ3n) is 2.44. The van der Waals surface area contributed by atoms with E-state index in [4.69, 9.17) is 4.74 Å². The van der Waals surface area contributed by atoms with Gasteiger partial charge in [-0.1, -0.05) is 0 Å². The molecule has 1 aromatic rings. The van der Waals surface area contributed by atoms with Gasteiger partial charge in [0.2, 0.25) is 0 Å². The van der Waals surface area contributed by atoms with Gasteiger partial charge in [-0.25, -0.2) is 4.39 Å². The van der Waals surface area contributed by atoms with Gasteiger partial charge in [-0.3, -0.25) is 4.79 Å². The van der Waals surface area contributed by atoms with Crippen molar-refractivity contribution in [1.82, 2.24) is 0 Å². The minimum Gasteiger partial charge on any atom is -0.479 e. The van der Waals surface area contributed by atoms with Crippen LogP contribution in [0.15, 0.2) is 18.2 Å². The van der Waals surface area contributed by atoms with Crippen molar-refractivity contribution in [2.75, 3.05) is 18.1 Å². The summed E-state index contributed by atoms with van der Waals surface area (Å²) in [4.78, 5) is 13.2. The molecule has 1 amide bonds. The molecule has 1 heterocycles. The first kappa shape index (κ1) is 11.6. The Morgan fingerprint density at radius 1 is 1.56 bits per heavy atom. The molecular weight excluding hydrogens is 324 g/mol. The second-order valence-electron chi connectivity index (χ2n) is 3.55. The Kier molecular flexibility index (Phi) is 3.32. The quantitative estimate of drug-likeness (QED) is 0.777. The van der Waals surface area contributed by atoms with Gasteiger partial charge in [0.25, 0.3) is 5.91 Å². The Bertz CT molecular complexity index is 424. The van der Waals surface area contributed by atoms with Crippen LogP contribution in [0.1, 0.15) is 6.92 Å². The molecule has 0 aliphatic carbocycles. The summed E-state index contributed by atoms with van der Waals surface area (Å²) in [6.07, 6.45) is -0.544. The van der Waals surface area contributed by atoms with Crippen molar-refractivity contribution in [3.8, 4) is 5.75 Å². The predicted octanol–water partition coefficient (Wildman–Crippen LogP) is 2.37. The zero-order valence-corrected chi connectivity index (χ0v) is 10.9. The number of alkyl halides is 1. The van der Waals surface area contributed by atoms with Gasteiger partial charge >= 0.3 is 0 Å². The van der Waals surface area contributed by atoms with E-state index < -0.39 is 12.8 Å². The van der Waals surface area contributed by atoms with Crippen molar-refractivity contribution >= 4 is 34.2 Å². The third-order valence-corrected chi connectivity index (χ3v) is 3.11. The molecule has 3 nitrogen and oxygen atoms in total. The summed E-state index contributed by atoms with van der Waals surface area (Å²) >= 11 is 2.17. The van der Waals surface area contributed by atoms with Crippen LogP contribution in [0, 0.1) is 3.57 Å². The number of carbonyl (C=O) groups is 1. The molecule has 0 aromatic heterocycles. The number of fused-ring (bicyclic) bond motifs is 1. The van der Waals surface area contributed by atoms with Crippen molar-refractivity contribution in [3.05, 3.63) is 21.8 Å². The van der Waals surface area contributed by atoms with E-state index in [2.05, 4.69) is 22.6 Å². The van der Waals surface area contributed by atoms with E-state index in [0.717, 1.165) is 3.57 Å². The molecule has 0 spiro atoms. The maximum absolute atomic E-state index is 12.4. The number of anilines is 1. The Balaban J connectivity index is 2.43. The van der Waals surface area contributed by atoms with Gasteiger partial charge in [0.05, 0.1) is 12.2 Å². The minimum absolute atomic E-state index is 0.0835. The molecule has 0 radical (unpaired) electrons. The smallest absolute Gasteiger partial charge is 0.267 e. The van der Waals surface area contributed by atoms with Crippen LogP contribution in [-0.4, -0.2) is 25.2 Å². The average molecular weight is 335 g/mol. The topological polar surface area (TPSA) is 29.5 Å². The molecule has 5 heteroatoms. The first-order chi connectivity index (χ1) is 7.63. The molecule has 0 bridgehead atoms. The summed E-state index contributed by atoms with van der Waals surface area (Å²) in [6.45, 7) is 1.21. The van der Waals surface area contributed by atoms with E-state index in [1.807, 2.05) is 12.1 Å². The van der Waals surface area contributed by atoms with E-state index in [-0.39, 0.29) is 12.5 Å². The Morgan fingerprint density at radius 3 is 3.00 bits per heavy atom. The van der Waals surface area contributed by atoms with E-state index in [1.165, 1.54) is 4.90 Å². The van der Waals surface area contributed by atoms with Crippen molar-refractivity contribution in [1.29, 1.82) is 0 Å². The summed E-state index contributed by atoms with van der Waals surface area (Å²) in [5.74, 6) is 0.457. The Labute approximate surface area is 107 Å². The second-order valence-corrected chi connectivity index (χ2v) is 4.80. The van der Waals surface area contributed by atoms with Crippen molar-refractivity contribution < 1.29 is 13.9 Å². The van der Waals surface area contributed by atoms with Crippen LogP contribution < -0.4 is 9.64 Å². The van der Waals surface area contributed by atoms with E-state index in [0.29, 0.717) is 11.4 Å². The summed E-state index contributed by atoms with van der Waals surface area (Å²) in [7, 11) is 0. The monoisotopic (exact) mass is 335 g/mol. The SMILES string of the molecule is CC1Oc2cc(I)ccc2N(CCF)C1=O. The van der Waals surface area contributed by atoms with Crippen LogP contribution in [0.25, 0.3) is 0 Å². The fourth-order valence-electron chi connectivity index (χ4n) is 1.70. The maximum Gasteiger partial charge on any atom is 0.267 e. The molecule has 1 atom stereocenters. The minimum atomic E-state index is -0.552. The zero-order chi connectivity index (χ0) is 11.7. The van der Waals surface area contributed by atoms with Crippen molar-refractivity contribution in [3.63, 3.8) is 0 Å². The zero-order valence-electron chi connectivity index (χ0n) is 8.74. The summed E-state index contributed by atoms with van der Waals surface area (Å²) in [5, 5.41) is 0. The Morgan fingerprint density at radius 2 is 2.31 bits per heavy atom. The lowest BCUT2D eigenvalue weighted by molar-refractivity contribution is -0.125. The number of amides is 1. The van der Waals surface area contributed by atoms with E-state index in [9.17, 15) is 9.18 Å². The molecule has 1 aliphatic heterocycles. The van der Waals surface area contributed by atoms with Crippen LogP contribution in [0.3, 0.4) is 0 Å². The predicted molar refractivity (Wildman–Crippen MR) is 67.6 cm³/mol. The fraction of sp³-hybridized carbons (Fsp3) is 0.364. The summed E-state index contributed by atoms with van der Waals surface area (Å²) < 4.78 is 18.9. The van der Waals surface area contributed by atoms with Crippen molar-refractivity contribution in [2.45, 2.75) is 13.0 Å². The second kappa shape index (κ2) is 4.57. The number of halogens is 2. The molecule has 86 valence electrons. The molecule has 0 N–H and O–H groups in total. The van der Waals surface area contributed by atoms with Gasteiger partial charge < -0.3 is 9.64 Å². The molecule has 1 aliphatic rings. The number of ether oxygens (including phenoxy) is 1. The molecule has 1 aromatic carbocycles. The lowest BCUT2D eigenvalue weighted by atomic mass is 10.2. The number of benzene rings is 1. The maximum atomic E-state index is 12.4. The molecular formula is C11H11FINO2. The van der Waals surface area contributed by atoms with Gasteiger partial charge in [-0.2, -0.15) is 0 Å². The van der Waals surface area contributed by atoms with Crippen LogP contribution in [-0.2, 0) is 4.79 Å². The molecule has 0 saturated heterocycles. The summed E-state index contributed by atoms with van der Waals surface area (Å²) in [6, 6.07) is 5.51. The third kappa shape index (κ3) is 2.00. The van der Waals surface area contributed by atoms with Crippen LogP contribution in [0.4, 0.5) is 10.1 Å². The van der Waals surface area contributed by atoms with Crippen LogP contribution >= 0.6 is 22.6 Å². The van der Waals surface area contributed by atoms with E-state index in [1.54, 1.807) is 13.0 Å². The van der Waals surface area contributed by atoms with Crippen LogP contribution in [0.5, 0.6) is 5.75 Å². The molecule has 0 saturated carbocycles. The first-order valence-electron chi connectivity index (χ1n) is 4.97. The largest absolute Gasteiger partial charge is 0.479 e. The number of nitrogens with zero attached hydrogens (tertiary/aromatic N) is 1. The van der Waals surface area contributed by atoms with Crippen molar-refractivity contribution in [2.24, 2.45) is 0 Å². The standard InChI is InChI=1S/C11H11FINO2/c1-7-11(15)14(5-4-12)9-3-2-8(13)6-10(9)16-7/h2-3,6-7H,4-5H2,1H3. The van der Waals surface area contributed by atoms with E-state index >= 15 is 0 Å². The summed E-state index contributed by atoms with van der Waals surface area (Å²) in [5.41, 5.74) is 0.654. The first-order valence-corrected chi connectivity index (χ1v) is 6.05. The number of rotatable bonds is 2. The Hall–Kier alpha value is -0.850. The normalized spacial score (nSPS) is 19.3. The van der Waals surface area contributed by atoms with Crippen LogP contribution in [0.2, 0.25) is 0 Å². The number of hydrogen-bond donors (Lipinski definition) is 0. The lowest BCUT2D eigenvalue weighted by Crippen LogP contribution is -2.45. The van der Waals surface area contributed by atoms with Gasteiger partial charge in [-0.15, -0.1) is 0 Å². The lowest BCUT2D eigenvalue weighted by Gasteiger charge is -2.32. The highest BCUT2D eigenvalue weighted by atomic mass is 127. The molecule has 1 unspecified atom stereocenters. The highest BCUT2D eigenvalue weighted by Crippen LogP contribution is 2.34. The molecule has 16 heavy (non-hydrogen) atoms. The highest BCUT2D eigenvalue weighted by Gasteiger charge is 2.31. The fourth-order valence-corrected chi connectivity index (χ4v) is 2.16. The molecule has 0 fully saturated rings. The van der Waals surface area contributed by atoms with Gasteiger partial charge in [0, 0.05) is 3.57 Å². The highest BCUT2D eigenvalue weighted by molar-refractivity contribution is 14.1. The van der Waals surface area contributed by atoms with Gasteiger partial charge in [-0.05, 0) is 47.7 Å². The van der Waals surface area contributed by atoms with Gasteiger partial charge in [0.15, 0.2) is 6.10 Å². The average Bonchev–Trinajstić information content (AvgIpc) is 2.24. The van der Waals surface area contributed by atoms with Gasteiger partial charge in [0.1, 0.15) is 12.4 Å². The number of hydrogen-bond acceptors (Lipinski definition) is 2. The molecule has 2 rings (SSSR count). The number of carbonyl (C=O) groups excluding carboxylic acids is 1.